The van der Waals surface area contributed by atoms with E-state index in [1.165, 1.54) is 0 Å². The molecule has 1 heterocycles. The van der Waals surface area contributed by atoms with E-state index >= 15 is 0 Å². The quantitative estimate of drug-likeness (QED) is 0.671. The standard InChI is InChI=1S/C19H33N3O4/c1-3-5-13(2)20-17(23)15-6-4-11-22(12-15)19(26)21-16-9-7-14(8-10-16)18(24)25/h13-16H,3-12H2,1-2H3,(H,20,23)(H,21,26)(H,24,25). The molecule has 2 fully saturated rings. The van der Waals surface area contributed by atoms with Gasteiger partial charge in [-0.1, -0.05) is 13.3 Å². The van der Waals surface area contributed by atoms with Crippen LogP contribution in [0.15, 0.2) is 0 Å². The number of likely N-dealkylation sites (tertiary alicyclic amines) is 1. The lowest BCUT2D eigenvalue weighted by molar-refractivity contribution is -0.142. The highest BCUT2D eigenvalue weighted by atomic mass is 16.4. The number of carbonyl (C=O) groups excluding carboxylic acids is 2. The van der Waals surface area contributed by atoms with Crippen LogP contribution in [-0.2, 0) is 9.59 Å². The molecule has 2 rings (SSSR count). The smallest absolute Gasteiger partial charge is 0.317 e. The molecule has 1 saturated carbocycles. The zero-order chi connectivity index (χ0) is 19.1. The molecule has 0 aromatic carbocycles. The number of rotatable bonds is 6. The van der Waals surface area contributed by atoms with E-state index < -0.39 is 5.97 Å². The Morgan fingerprint density at radius 3 is 2.42 bits per heavy atom. The second kappa shape index (κ2) is 9.78. The summed E-state index contributed by atoms with van der Waals surface area (Å²) in [4.78, 5) is 37.7. The van der Waals surface area contributed by atoms with Gasteiger partial charge in [-0.15, -0.1) is 0 Å². The summed E-state index contributed by atoms with van der Waals surface area (Å²) in [7, 11) is 0. The molecule has 1 aliphatic carbocycles. The predicted molar refractivity (Wildman–Crippen MR) is 98.7 cm³/mol. The van der Waals surface area contributed by atoms with E-state index in [-0.39, 0.29) is 35.9 Å². The van der Waals surface area contributed by atoms with Gasteiger partial charge in [0, 0.05) is 25.2 Å². The maximum atomic E-state index is 12.5. The Bertz CT molecular complexity index is 503. The number of hydrogen-bond donors (Lipinski definition) is 3. The van der Waals surface area contributed by atoms with Gasteiger partial charge in [0.25, 0.3) is 0 Å². The van der Waals surface area contributed by atoms with E-state index in [1.54, 1.807) is 4.90 Å². The van der Waals surface area contributed by atoms with Crippen molar-refractivity contribution in [3.05, 3.63) is 0 Å². The summed E-state index contributed by atoms with van der Waals surface area (Å²) in [5, 5.41) is 15.1. The average Bonchev–Trinajstić information content (AvgIpc) is 2.62. The molecule has 0 spiro atoms. The van der Waals surface area contributed by atoms with Crippen molar-refractivity contribution in [2.45, 2.75) is 77.3 Å². The van der Waals surface area contributed by atoms with Gasteiger partial charge in [-0.05, 0) is 51.9 Å². The first-order chi connectivity index (χ1) is 12.4. The number of amides is 3. The molecule has 2 unspecified atom stereocenters. The Morgan fingerprint density at radius 2 is 1.81 bits per heavy atom. The monoisotopic (exact) mass is 367 g/mol. The Balaban J connectivity index is 1.78. The second-order valence-electron chi connectivity index (χ2n) is 7.82. The first-order valence-corrected chi connectivity index (χ1v) is 9.99. The number of nitrogens with zero attached hydrogens (tertiary/aromatic N) is 1. The normalized spacial score (nSPS) is 27.5. The molecule has 0 aromatic heterocycles. The molecule has 7 heteroatoms. The largest absolute Gasteiger partial charge is 0.481 e. The van der Waals surface area contributed by atoms with Gasteiger partial charge in [-0.3, -0.25) is 9.59 Å². The molecular weight excluding hydrogens is 334 g/mol. The lowest BCUT2D eigenvalue weighted by Gasteiger charge is -2.35. The van der Waals surface area contributed by atoms with Crippen molar-refractivity contribution in [3.63, 3.8) is 0 Å². The van der Waals surface area contributed by atoms with Gasteiger partial charge >= 0.3 is 12.0 Å². The summed E-state index contributed by atoms with van der Waals surface area (Å²) in [5.74, 6) is -1.12. The van der Waals surface area contributed by atoms with Crippen LogP contribution in [0.25, 0.3) is 0 Å². The molecule has 0 radical (unpaired) electrons. The molecule has 148 valence electrons. The third kappa shape index (κ3) is 5.88. The predicted octanol–water partition coefficient (Wildman–Crippen LogP) is 2.36. The molecule has 1 aliphatic heterocycles. The zero-order valence-electron chi connectivity index (χ0n) is 16.0. The fourth-order valence-corrected chi connectivity index (χ4v) is 3.99. The van der Waals surface area contributed by atoms with Gasteiger partial charge in [-0.2, -0.15) is 0 Å². The van der Waals surface area contributed by atoms with Crippen molar-refractivity contribution in [1.29, 1.82) is 0 Å². The molecule has 1 saturated heterocycles. The number of urea groups is 1. The minimum atomic E-state index is -0.739. The SMILES string of the molecule is CCCC(C)NC(=O)C1CCCN(C(=O)NC2CCC(C(=O)O)CC2)C1. The third-order valence-corrected chi connectivity index (χ3v) is 5.59. The van der Waals surface area contributed by atoms with Crippen LogP contribution in [-0.4, -0.2) is 53.1 Å². The number of aliphatic carboxylic acids is 1. The molecule has 7 nitrogen and oxygen atoms in total. The van der Waals surface area contributed by atoms with Crippen LogP contribution in [0.2, 0.25) is 0 Å². The first kappa shape index (κ1) is 20.5. The van der Waals surface area contributed by atoms with E-state index in [0.29, 0.717) is 38.8 Å². The highest BCUT2D eigenvalue weighted by Gasteiger charge is 2.31. The van der Waals surface area contributed by atoms with Gasteiger partial charge in [0.1, 0.15) is 0 Å². The summed E-state index contributed by atoms with van der Waals surface area (Å²) in [6.07, 6.45) is 6.27. The van der Waals surface area contributed by atoms with Crippen molar-refractivity contribution in [2.24, 2.45) is 11.8 Å². The van der Waals surface area contributed by atoms with Crippen molar-refractivity contribution >= 4 is 17.9 Å². The van der Waals surface area contributed by atoms with Crippen LogP contribution in [0.5, 0.6) is 0 Å². The first-order valence-electron chi connectivity index (χ1n) is 9.99. The summed E-state index contributed by atoms with van der Waals surface area (Å²) >= 11 is 0. The van der Waals surface area contributed by atoms with Crippen LogP contribution >= 0.6 is 0 Å². The van der Waals surface area contributed by atoms with Crippen LogP contribution in [0.4, 0.5) is 4.79 Å². The van der Waals surface area contributed by atoms with Crippen molar-refractivity contribution < 1.29 is 19.5 Å². The fourth-order valence-electron chi connectivity index (χ4n) is 3.99. The number of piperidine rings is 1. The number of carboxylic acid groups (broad SMARTS) is 1. The van der Waals surface area contributed by atoms with Crippen molar-refractivity contribution in [3.8, 4) is 0 Å². The third-order valence-electron chi connectivity index (χ3n) is 5.59. The molecule has 3 amide bonds. The lowest BCUT2D eigenvalue weighted by Crippen LogP contribution is -2.52. The minimum absolute atomic E-state index is 0.0388. The topological polar surface area (TPSA) is 98.7 Å². The van der Waals surface area contributed by atoms with Gasteiger partial charge in [0.05, 0.1) is 11.8 Å². The molecule has 0 aromatic rings. The van der Waals surface area contributed by atoms with Crippen molar-refractivity contribution in [2.75, 3.05) is 13.1 Å². The second-order valence-corrected chi connectivity index (χ2v) is 7.82. The van der Waals surface area contributed by atoms with Crippen LogP contribution in [0.1, 0.15) is 65.2 Å². The maximum Gasteiger partial charge on any atom is 0.317 e. The summed E-state index contributed by atoms with van der Waals surface area (Å²) < 4.78 is 0. The molecular formula is C19H33N3O4. The Kier molecular flexibility index (Phi) is 7.72. The van der Waals surface area contributed by atoms with Gasteiger partial charge in [-0.25, -0.2) is 4.79 Å². The van der Waals surface area contributed by atoms with Crippen LogP contribution < -0.4 is 10.6 Å². The number of hydrogen-bond acceptors (Lipinski definition) is 3. The highest BCUT2D eigenvalue weighted by Crippen LogP contribution is 2.25. The van der Waals surface area contributed by atoms with E-state index in [2.05, 4.69) is 17.6 Å². The minimum Gasteiger partial charge on any atom is -0.481 e. The maximum absolute atomic E-state index is 12.5. The number of carboxylic acids is 1. The van der Waals surface area contributed by atoms with Crippen molar-refractivity contribution in [1.82, 2.24) is 15.5 Å². The number of nitrogens with one attached hydrogen (secondary N) is 2. The Morgan fingerprint density at radius 1 is 1.12 bits per heavy atom. The molecule has 3 N–H and O–H groups in total. The van der Waals surface area contributed by atoms with Crippen LogP contribution in [0, 0.1) is 11.8 Å². The zero-order valence-corrected chi connectivity index (χ0v) is 16.0. The van der Waals surface area contributed by atoms with Crippen LogP contribution in [0.3, 0.4) is 0 Å². The molecule has 26 heavy (non-hydrogen) atoms. The van der Waals surface area contributed by atoms with E-state index in [1.807, 2.05) is 6.92 Å². The average molecular weight is 367 g/mol. The van der Waals surface area contributed by atoms with Gasteiger partial charge in [0.15, 0.2) is 0 Å². The number of carbonyl (C=O) groups is 3. The Labute approximate surface area is 155 Å². The molecule has 2 atom stereocenters. The Hall–Kier alpha value is -1.79. The molecule has 0 bridgehead atoms. The van der Waals surface area contributed by atoms with E-state index in [0.717, 1.165) is 25.7 Å². The van der Waals surface area contributed by atoms with E-state index in [9.17, 15) is 14.4 Å². The summed E-state index contributed by atoms with van der Waals surface area (Å²) in [6, 6.07) is 0.0842. The summed E-state index contributed by atoms with van der Waals surface area (Å²) in [6.45, 7) is 5.24. The van der Waals surface area contributed by atoms with Gasteiger partial charge < -0.3 is 20.6 Å². The lowest BCUT2D eigenvalue weighted by atomic mass is 9.86. The van der Waals surface area contributed by atoms with E-state index in [4.69, 9.17) is 5.11 Å². The summed E-state index contributed by atoms with van der Waals surface area (Å²) in [5.41, 5.74) is 0. The molecule has 2 aliphatic rings. The fraction of sp³-hybridized carbons (Fsp3) is 0.842. The highest BCUT2D eigenvalue weighted by molar-refractivity contribution is 5.81. The van der Waals surface area contributed by atoms with Gasteiger partial charge in [0.2, 0.25) is 5.91 Å².